The molecule has 2 unspecified atom stereocenters. The average molecular weight is 270 g/mol. The van der Waals surface area contributed by atoms with Gasteiger partial charge < -0.3 is 4.74 Å². The minimum atomic E-state index is -0.000210. The Labute approximate surface area is 120 Å². The van der Waals surface area contributed by atoms with Crippen molar-refractivity contribution in [1.82, 2.24) is 5.43 Å². The Morgan fingerprint density at radius 2 is 1.60 bits per heavy atom. The summed E-state index contributed by atoms with van der Waals surface area (Å²) in [6.07, 6.45) is 0.0348. The quantitative estimate of drug-likeness (QED) is 0.625. The number of hydrogen-bond donors (Lipinski definition) is 2. The number of nitrogens with two attached hydrogens (primary N) is 1. The lowest BCUT2D eigenvalue weighted by Crippen LogP contribution is -2.36. The van der Waals surface area contributed by atoms with E-state index >= 15 is 0 Å². The molecule has 2 atom stereocenters. The molecule has 0 spiro atoms. The van der Waals surface area contributed by atoms with E-state index in [1.54, 1.807) is 0 Å². The highest BCUT2D eigenvalue weighted by Crippen LogP contribution is 2.23. The van der Waals surface area contributed by atoms with Crippen LogP contribution in [0.25, 0.3) is 11.1 Å². The van der Waals surface area contributed by atoms with Crippen molar-refractivity contribution in [2.24, 2.45) is 5.84 Å². The summed E-state index contributed by atoms with van der Waals surface area (Å²) in [5, 5.41) is 0. The van der Waals surface area contributed by atoms with Crippen LogP contribution >= 0.6 is 0 Å². The van der Waals surface area contributed by atoms with E-state index in [1.807, 2.05) is 32.0 Å². The summed E-state index contributed by atoms with van der Waals surface area (Å²) in [4.78, 5) is 0. The van der Waals surface area contributed by atoms with Gasteiger partial charge >= 0.3 is 0 Å². The third-order valence-electron chi connectivity index (χ3n) is 3.46. The minimum absolute atomic E-state index is 0.000210. The van der Waals surface area contributed by atoms with Crippen LogP contribution in [0, 0.1) is 0 Å². The Morgan fingerprint density at radius 3 is 2.15 bits per heavy atom. The third-order valence-corrected chi connectivity index (χ3v) is 3.46. The van der Waals surface area contributed by atoms with Gasteiger partial charge in [0.25, 0.3) is 0 Å². The topological polar surface area (TPSA) is 47.3 Å². The van der Waals surface area contributed by atoms with Gasteiger partial charge in [0.2, 0.25) is 0 Å². The molecule has 2 rings (SSSR count). The van der Waals surface area contributed by atoms with Crippen molar-refractivity contribution in [3.63, 3.8) is 0 Å². The van der Waals surface area contributed by atoms with E-state index in [0.29, 0.717) is 6.61 Å². The predicted octanol–water partition coefficient (Wildman–Crippen LogP) is 3.28. The van der Waals surface area contributed by atoms with Crippen LogP contribution in [-0.2, 0) is 4.74 Å². The first-order valence-electron chi connectivity index (χ1n) is 6.99. The van der Waals surface area contributed by atoms with Crippen LogP contribution in [0.2, 0.25) is 0 Å². The van der Waals surface area contributed by atoms with E-state index in [9.17, 15) is 0 Å². The summed E-state index contributed by atoms with van der Waals surface area (Å²) in [7, 11) is 0. The van der Waals surface area contributed by atoms with Gasteiger partial charge in [-0.15, -0.1) is 0 Å². The molecule has 3 heteroatoms. The molecular formula is C17H22N2O. The highest BCUT2D eigenvalue weighted by Gasteiger charge is 2.17. The molecule has 0 aliphatic carbocycles. The smallest absolute Gasteiger partial charge is 0.0754 e. The molecule has 0 saturated heterocycles. The largest absolute Gasteiger partial charge is 0.377 e. The SMILES string of the molecule is CCOC(C)C(NN)c1ccc(-c2ccccc2)cc1. The van der Waals surface area contributed by atoms with Crippen LogP contribution in [0.4, 0.5) is 0 Å². The summed E-state index contributed by atoms with van der Waals surface area (Å²) in [5.74, 6) is 5.66. The number of hydrazine groups is 1. The maximum atomic E-state index is 5.66. The fourth-order valence-electron chi connectivity index (χ4n) is 2.38. The van der Waals surface area contributed by atoms with Gasteiger partial charge in [0.1, 0.15) is 0 Å². The van der Waals surface area contributed by atoms with Crippen LogP contribution in [-0.4, -0.2) is 12.7 Å². The molecule has 2 aromatic rings. The van der Waals surface area contributed by atoms with Crippen molar-refractivity contribution in [2.75, 3.05) is 6.61 Å². The van der Waals surface area contributed by atoms with Gasteiger partial charge in [-0.25, -0.2) is 0 Å². The minimum Gasteiger partial charge on any atom is -0.377 e. The van der Waals surface area contributed by atoms with Gasteiger partial charge in [-0.2, -0.15) is 0 Å². The first-order chi connectivity index (χ1) is 9.76. The first-order valence-corrected chi connectivity index (χ1v) is 6.99. The fourth-order valence-corrected chi connectivity index (χ4v) is 2.38. The zero-order chi connectivity index (χ0) is 14.4. The summed E-state index contributed by atoms with van der Waals surface area (Å²) in [5.41, 5.74) is 6.39. The van der Waals surface area contributed by atoms with E-state index < -0.39 is 0 Å². The maximum absolute atomic E-state index is 5.66. The number of rotatable bonds is 6. The number of benzene rings is 2. The van der Waals surface area contributed by atoms with Crippen molar-refractivity contribution in [3.8, 4) is 11.1 Å². The lowest BCUT2D eigenvalue weighted by Gasteiger charge is -2.23. The molecule has 20 heavy (non-hydrogen) atoms. The second kappa shape index (κ2) is 7.20. The van der Waals surface area contributed by atoms with Crippen LogP contribution in [0.5, 0.6) is 0 Å². The standard InChI is InChI=1S/C17H22N2O/c1-3-20-13(2)17(19-18)16-11-9-15(10-12-16)14-7-5-4-6-8-14/h4-13,17,19H,3,18H2,1-2H3. The Balaban J connectivity index is 2.18. The first kappa shape index (κ1) is 14.7. The molecule has 0 heterocycles. The second-order valence-electron chi connectivity index (χ2n) is 4.79. The Kier molecular flexibility index (Phi) is 5.30. The van der Waals surface area contributed by atoms with Gasteiger partial charge in [-0.05, 0) is 30.5 Å². The average Bonchev–Trinajstić information content (AvgIpc) is 2.50. The molecule has 0 aromatic heterocycles. The Morgan fingerprint density at radius 1 is 1.00 bits per heavy atom. The molecule has 3 nitrogen and oxygen atoms in total. The number of ether oxygens (including phenoxy) is 1. The summed E-state index contributed by atoms with van der Waals surface area (Å²) in [6.45, 7) is 4.70. The van der Waals surface area contributed by atoms with E-state index in [1.165, 1.54) is 11.1 Å². The van der Waals surface area contributed by atoms with Crippen LogP contribution in [0.1, 0.15) is 25.5 Å². The number of hydrogen-bond acceptors (Lipinski definition) is 3. The second-order valence-corrected chi connectivity index (χ2v) is 4.79. The van der Waals surface area contributed by atoms with Crippen molar-refractivity contribution in [2.45, 2.75) is 26.0 Å². The van der Waals surface area contributed by atoms with Crippen LogP contribution in [0.15, 0.2) is 54.6 Å². The Hall–Kier alpha value is -1.68. The Bertz CT molecular complexity index is 510. The van der Waals surface area contributed by atoms with Crippen molar-refractivity contribution >= 4 is 0 Å². The zero-order valence-corrected chi connectivity index (χ0v) is 12.0. The maximum Gasteiger partial charge on any atom is 0.0754 e. The molecule has 0 aliphatic rings. The van der Waals surface area contributed by atoms with Crippen molar-refractivity contribution in [3.05, 3.63) is 60.2 Å². The molecule has 3 N–H and O–H groups in total. The molecule has 0 aliphatic heterocycles. The van der Waals surface area contributed by atoms with Gasteiger partial charge in [0, 0.05) is 6.61 Å². The lowest BCUT2D eigenvalue weighted by molar-refractivity contribution is 0.0472. The molecule has 0 radical (unpaired) electrons. The number of nitrogens with one attached hydrogen (secondary N) is 1. The molecule has 0 saturated carbocycles. The van der Waals surface area contributed by atoms with E-state index in [4.69, 9.17) is 10.6 Å². The summed E-state index contributed by atoms with van der Waals surface area (Å²) < 4.78 is 5.62. The van der Waals surface area contributed by atoms with Crippen molar-refractivity contribution in [1.29, 1.82) is 0 Å². The molecule has 0 fully saturated rings. The van der Waals surface area contributed by atoms with E-state index in [0.717, 1.165) is 5.56 Å². The summed E-state index contributed by atoms with van der Waals surface area (Å²) >= 11 is 0. The van der Waals surface area contributed by atoms with Gasteiger partial charge in [-0.3, -0.25) is 11.3 Å². The third kappa shape index (κ3) is 3.45. The highest BCUT2D eigenvalue weighted by atomic mass is 16.5. The lowest BCUT2D eigenvalue weighted by atomic mass is 9.99. The highest BCUT2D eigenvalue weighted by molar-refractivity contribution is 5.63. The molecule has 0 bridgehead atoms. The molecular weight excluding hydrogens is 248 g/mol. The van der Waals surface area contributed by atoms with Crippen LogP contribution < -0.4 is 11.3 Å². The van der Waals surface area contributed by atoms with Crippen LogP contribution in [0.3, 0.4) is 0 Å². The van der Waals surface area contributed by atoms with Gasteiger partial charge in [-0.1, -0.05) is 54.6 Å². The van der Waals surface area contributed by atoms with Crippen molar-refractivity contribution < 1.29 is 4.74 Å². The molecule has 0 amide bonds. The van der Waals surface area contributed by atoms with Gasteiger partial charge in [0.05, 0.1) is 12.1 Å². The molecule has 106 valence electrons. The fraction of sp³-hybridized carbons (Fsp3) is 0.294. The molecule has 2 aromatic carbocycles. The summed E-state index contributed by atoms with van der Waals surface area (Å²) in [6, 6.07) is 18.8. The normalized spacial score (nSPS) is 13.9. The monoisotopic (exact) mass is 270 g/mol. The predicted molar refractivity (Wildman–Crippen MR) is 83.0 cm³/mol. The van der Waals surface area contributed by atoms with E-state index in [2.05, 4.69) is 41.8 Å². The van der Waals surface area contributed by atoms with E-state index in [-0.39, 0.29) is 12.1 Å². The van der Waals surface area contributed by atoms with Gasteiger partial charge in [0.15, 0.2) is 0 Å². The zero-order valence-electron chi connectivity index (χ0n) is 12.0.